The minimum atomic E-state index is -3.00. The van der Waals surface area contributed by atoms with Crippen LogP contribution in [0.1, 0.15) is 17.5 Å². The largest absolute Gasteiger partial charge is 0.411 e. The minimum absolute atomic E-state index is 0.0147. The van der Waals surface area contributed by atoms with Crippen LogP contribution in [-0.2, 0) is 14.6 Å². The van der Waals surface area contributed by atoms with E-state index in [1.54, 1.807) is 0 Å². The molecule has 1 atom stereocenters. The predicted octanol–water partition coefficient (Wildman–Crippen LogP) is 1.75. The quantitative estimate of drug-likeness (QED) is 0.787. The van der Waals surface area contributed by atoms with Gasteiger partial charge < -0.3 is 9.73 Å². The summed E-state index contributed by atoms with van der Waals surface area (Å²) in [5.41, 5.74) is 3.05. The highest BCUT2D eigenvalue weighted by Crippen LogP contribution is 2.25. The van der Waals surface area contributed by atoms with Gasteiger partial charge in [0.05, 0.1) is 17.3 Å². The van der Waals surface area contributed by atoms with Crippen molar-refractivity contribution in [3.8, 4) is 11.5 Å². The van der Waals surface area contributed by atoms with Crippen molar-refractivity contribution in [1.82, 2.24) is 15.5 Å². The number of rotatable bonds is 5. The van der Waals surface area contributed by atoms with Crippen LogP contribution in [0.2, 0.25) is 0 Å². The van der Waals surface area contributed by atoms with Crippen molar-refractivity contribution >= 4 is 27.5 Å². The van der Waals surface area contributed by atoms with Gasteiger partial charge in [-0.3, -0.25) is 4.79 Å². The van der Waals surface area contributed by atoms with Gasteiger partial charge in [-0.25, -0.2) is 8.42 Å². The third kappa shape index (κ3) is 4.82. The van der Waals surface area contributed by atoms with E-state index >= 15 is 0 Å². The molecule has 7 nitrogen and oxygen atoms in total. The molecular formula is C16H19N3O4S2. The van der Waals surface area contributed by atoms with Crippen molar-refractivity contribution in [2.75, 3.05) is 17.3 Å². The molecule has 1 saturated heterocycles. The van der Waals surface area contributed by atoms with E-state index in [4.69, 9.17) is 4.42 Å². The summed E-state index contributed by atoms with van der Waals surface area (Å²) >= 11 is 1.13. The summed E-state index contributed by atoms with van der Waals surface area (Å²) in [4.78, 5) is 11.9. The second-order valence-electron chi connectivity index (χ2n) is 6.21. The highest BCUT2D eigenvalue weighted by Gasteiger charge is 2.28. The van der Waals surface area contributed by atoms with Crippen LogP contribution in [-0.4, -0.2) is 47.8 Å². The molecule has 3 rings (SSSR count). The van der Waals surface area contributed by atoms with E-state index in [0.29, 0.717) is 17.5 Å². The lowest BCUT2D eigenvalue weighted by Gasteiger charge is -2.09. The number of nitrogens with zero attached hydrogens (tertiary/aromatic N) is 2. The summed E-state index contributed by atoms with van der Waals surface area (Å²) in [7, 11) is -3.00. The third-order valence-corrected chi connectivity index (χ3v) is 6.39. The van der Waals surface area contributed by atoms with E-state index in [1.807, 2.05) is 26.0 Å². The van der Waals surface area contributed by atoms with Gasteiger partial charge in [0.15, 0.2) is 9.84 Å². The van der Waals surface area contributed by atoms with Gasteiger partial charge in [0.1, 0.15) is 0 Å². The Kier molecular flexibility index (Phi) is 5.14. The Hall–Kier alpha value is -1.87. The average molecular weight is 381 g/mol. The molecule has 2 heterocycles. The topological polar surface area (TPSA) is 102 Å². The number of carbonyl (C=O) groups is 1. The number of hydrogen-bond acceptors (Lipinski definition) is 7. The van der Waals surface area contributed by atoms with Crippen molar-refractivity contribution in [2.24, 2.45) is 0 Å². The van der Waals surface area contributed by atoms with E-state index in [-0.39, 0.29) is 29.2 Å². The molecule has 1 N–H and O–H groups in total. The number of aromatic nitrogens is 2. The lowest BCUT2D eigenvalue weighted by Crippen LogP contribution is -2.36. The van der Waals surface area contributed by atoms with E-state index in [1.165, 1.54) is 0 Å². The summed E-state index contributed by atoms with van der Waals surface area (Å²) in [6.07, 6.45) is 0.468. The van der Waals surface area contributed by atoms with Gasteiger partial charge in [-0.1, -0.05) is 29.0 Å². The fraction of sp³-hybridized carbons (Fsp3) is 0.438. The maximum Gasteiger partial charge on any atom is 0.277 e. The van der Waals surface area contributed by atoms with E-state index in [0.717, 1.165) is 28.5 Å². The van der Waals surface area contributed by atoms with Crippen molar-refractivity contribution in [3.63, 3.8) is 0 Å². The van der Waals surface area contributed by atoms with Gasteiger partial charge >= 0.3 is 0 Å². The Morgan fingerprint density at radius 2 is 2.00 bits per heavy atom. The zero-order chi connectivity index (χ0) is 18.0. The minimum Gasteiger partial charge on any atom is -0.411 e. The first-order valence-electron chi connectivity index (χ1n) is 7.85. The second-order valence-corrected chi connectivity index (χ2v) is 9.36. The van der Waals surface area contributed by atoms with Gasteiger partial charge in [-0.2, -0.15) is 0 Å². The molecule has 0 unspecified atom stereocenters. The maximum absolute atomic E-state index is 11.9. The van der Waals surface area contributed by atoms with Gasteiger partial charge in [0, 0.05) is 11.6 Å². The van der Waals surface area contributed by atoms with E-state index < -0.39 is 9.84 Å². The molecule has 134 valence electrons. The van der Waals surface area contributed by atoms with Crippen molar-refractivity contribution in [3.05, 3.63) is 29.3 Å². The molecule has 1 fully saturated rings. The van der Waals surface area contributed by atoms with Gasteiger partial charge in [0.2, 0.25) is 11.8 Å². The first-order valence-corrected chi connectivity index (χ1v) is 10.7. The van der Waals surface area contributed by atoms with Crippen LogP contribution < -0.4 is 5.32 Å². The molecule has 0 spiro atoms. The molecule has 0 saturated carbocycles. The Bertz CT molecular complexity index is 872. The Labute approximate surface area is 150 Å². The summed E-state index contributed by atoms with van der Waals surface area (Å²) < 4.78 is 28.4. The predicted molar refractivity (Wildman–Crippen MR) is 95.1 cm³/mol. The van der Waals surface area contributed by atoms with Gasteiger partial charge in [-0.05, 0) is 32.4 Å². The fourth-order valence-corrected chi connectivity index (χ4v) is 5.04. The highest BCUT2D eigenvalue weighted by atomic mass is 32.2. The Morgan fingerprint density at radius 1 is 1.28 bits per heavy atom. The zero-order valence-electron chi connectivity index (χ0n) is 14.0. The van der Waals surface area contributed by atoms with Crippen LogP contribution in [0.3, 0.4) is 0 Å². The van der Waals surface area contributed by atoms with Crippen LogP contribution >= 0.6 is 11.8 Å². The molecule has 0 bridgehead atoms. The van der Waals surface area contributed by atoms with Crippen molar-refractivity contribution in [2.45, 2.75) is 31.5 Å². The second kappa shape index (κ2) is 7.17. The van der Waals surface area contributed by atoms with Crippen LogP contribution in [0.15, 0.2) is 27.8 Å². The normalized spacial score (nSPS) is 19.0. The number of aryl methyl sites for hydroxylation is 2. The lowest BCUT2D eigenvalue weighted by molar-refractivity contribution is -0.119. The molecule has 1 amide bonds. The first-order chi connectivity index (χ1) is 11.8. The summed E-state index contributed by atoms with van der Waals surface area (Å²) in [5.74, 6) is 0.426. The zero-order valence-corrected chi connectivity index (χ0v) is 15.6. The summed E-state index contributed by atoms with van der Waals surface area (Å²) in [6, 6.07) is 5.68. The monoisotopic (exact) mass is 381 g/mol. The number of nitrogens with one attached hydrogen (secondary N) is 1. The molecule has 25 heavy (non-hydrogen) atoms. The van der Waals surface area contributed by atoms with Crippen LogP contribution in [0.5, 0.6) is 0 Å². The third-order valence-electron chi connectivity index (χ3n) is 3.80. The van der Waals surface area contributed by atoms with Crippen LogP contribution in [0.25, 0.3) is 11.5 Å². The summed E-state index contributed by atoms with van der Waals surface area (Å²) in [5, 5.41) is 11.0. The van der Waals surface area contributed by atoms with Crippen LogP contribution in [0, 0.1) is 13.8 Å². The average Bonchev–Trinajstić information content (AvgIpc) is 3.11. The highest BCUT2D eigenvalue weighted by molar-refractivity contribution is 7.99. The summed E-state index contributed by atoms with van der Waals surface area (Å²) in [6.45, 7) is 3.99. The molecule has 1 aliphatic rings. The molecule has 0 aliphatic carbocycles. The number of hydrogen-bond donors (Lipinski definition) is 1. The first kappa shape index (κ1) is 17.9. The van der Waals surface area contributed by atoms with Crippen molar-refractivity contribution in [1.29, 1.82) is 0 Å². The lowest BCUT2D eigenvalue weighted by atomic mass is 10.1. The van der Waals surface area contributed by atoms with Crippen LogP contribution in [0.4, 0.5) is 0 Å². The van der Waals surface area contributed by atoms with E-state index in [2.05, 4.69) is 21.6 Å². The number of amides is 1. The molecule has 1 aromatic carbocycles. The Morgan fingerprint density at radius 3 is 2.64 bits per heavy atom. The number of benzene rings is 1. The molecule has 1 aromatic heterocycles. The molecule has 2 aromatic rings. The molecule has 0 radical (unpaired) electrons. The standard InChI is InChI=1S/C16H19N3O4S2/c1-10-5-11(2)7-12(6-10)15-18-19-16(23-15)24-8-14(20)17-13-3-4-25(21,22)9-13/h5-7,13H,3-4,8-9H2,1-2H3,(H,17,20)/t13-/m0/s1. The number of sulfone groups is 1. The van der Waals surface area contributed by atoms with Gasteiger partial charge in [-0.15, -0.1) is 10.2 Å². The maximum atomic E-state index is 11.9. The van der Waals surface area contributed by atoms with Crippen molar-refractivity contribution < 1.29 is 17.6 Å². The Balaban J connectivity index is 1.56. The molecule has 1 aliphatic heterocycles. The fourth-order valence-electron chi connectivity index (χ4n) is 2.79. The number of carbonyl (C=O) groups excluding carboxylic acids is 1. The number of thioether (sulfide) groups is 1. The smallest absolute Gasteiger partial charge is 0.277 e. The van der Waals surface area contributed by atoms with Gasteiger partial charge in [0.25, 0.3) is 5.22 Å². The SMILES string of the molecule is Cc1cc(C)cc(-c2nnc(SCC(=O)N[C@H]3CCS(=O)(=O)C3)o2)c1. The molecule has 9 heteroatoms. The van der Waals surface area contributed by atoms with E-state index in [9.17, 15) is 13.2 Å². The molecular weight excluding hydrogens is 362 g/mol.